The zero-order valence-electron chi connectivity index (χ0n) is 17.1. The maximum absolute atomic E-state index is 13.9. The average Bonchev–Trinajstić information content (AvgIpc) is 3.07. The van der Waals surface area contributed by atoms with Gasteiger partial charge in [-0.05, 0) is 67.5 Å². The first kappa shape index (κ1) is 21.9. The number of halogens is 3. The molecule has 0 saturated heterocycles. The molecule has 0 spiro atoms. The Labute approximate surface area is 173 Å². The zero-order valence-corrected chi connectivity index (χ0v) is 17.1. The van der Waals surface area contributed by atoms with Gasteiger partial charge < -0.3 is 9.47 Å². The van der Waals surface area contributed by atoms with Gasteiger partial charge in [-0.2, -0.15) is 13.2 Å². The highest BCUT2D eigenvalue weighted by atomic mass is 19.4. The molecule has 3 rings (SSSR count). The van der Waals surface area contributed by atoms with E-state index in [2.05, 4.69) is 0 Å². The minimum absolute atomic E-state index is 0.0304. The first-order chi connectivity index (χ1) is 14.1. The number of rotatable bonds is 5. The van der Waals surface area contributed by atoms with Crippen LogP contribution in [0.15, 0.2) is 36.4 Å². The van der Waals surface area contributed by atoms with Gasteiger partial charge in [0.25, 0.3) is 0 Å². The van der Waals surface area contributed by atoms with Gasteiger partial charge in [-0.15, -0.1) is 0 Å². The number of ether oxygens (including phenoxy) is 2. The number of fused-ring (bicyclic) bond motifs is 1. The third kappa shape index (κ3) is 3.80. The molecule has 7 heteroatoms. The Hall–Kier alpha value is -2.83. The molecule has 0 atom stereocenters. The normalized spacial score (nSPS) is 14.9. The zero-order chi connectivity index (χ0) is 22.1. The van der Waals surface area contributed by atoms with Gasteiger partial charge in [-0.3, -0.25) is 9.59 Å². The van der Waals surface area contributed by atoms with Gasteiger partial charge in [0.05, 0.1) is 18.8 Å². The Bertz CT molecular complexity index is 961. The third-order valence-electron chi connectivity index (χ3n) is 5.40. The van der Waals surface area contributed by atoms with Gasteiger partial charge >= 0.3 is 18.1 Å². The van der Waals surface area contributed by atoms with Crippen molar-refractivity contribution in [3.05, 3.63) is 58.7 Å². The molecule has 0 unspecified atom stereocenters. The number of alkyl halides is 3. The summed E-state index contributed by atoms with van der Waals surface area (Å²) in [6, 6.07) is 9.30. The Morgan fingerprint density at radius 1 is 0.933 bits per heavy atom. The molecule has 0 radical (unpaired) electrons. The quantitative estimate of drug-likeness (QED) is 0.510. The lowest BCUT2D eigenvalue weighted by Crippen LogP contribution is -2.43. The summed E-state index contributed by atoms with van der Waals surface area (Å²) in [6.07, 6.45) is -4.83. The SMILES string of the molecule is CCOC(=O)C1(C(=O)OCC)Cc2cc(-c3ccccc3C)c(C(F)(F)F)cc2C1. The van der Waals surface area contributed by atoms with Crippen LogP contribution in [0.2, 0.25) is 0 Å². The van der Waals surface area contributed by atoms with E-state index in [-0.39, 0.29) is 31.6 Å². The lowest BCUT2D eigenvalue weighted by atomic mass is 9.84. The van der Waals surface area contributed by atoms with Crippen LogP contribution in [0.3, 0.4) is 0 Å². The summed E-state index contributed by atoms with van der Waals surface area (Å²) in [5.41, 5.74) is -0.452. The molecule has 0 aliphatic heterocycles. The van der Waals surface area contributed by atoms with Crippen molar-refractivity contribution in [1.29, 1.82) is 0 Å². The molecule has 0 N–H and O–H groups in total. The van der Waals surface area contributed by atoms with Gasteiger partial charge in [0, 0.05) is 0 Å². The van der Waals surface area contributed by atoms with Gasteiger partial charge in [-0.1, -0.05) is 30.3 Å². The van der Waals surface area contributed by atoms with Gasteiger partial charge in [-0.25, -0.2) is 0 Å². The first-order valence-corrected chi connectivity index (χ1v) is 9.77. The van der Waals surface area contributed by atoms with Crippen molar-refractivity contribution in [3.63, 3.8) is 0 Å². The van der Waals surface area contributed by atoms with Crippen LogP contribution in [-0.2, 0) is 38.1 Å². The maximum Gasteiger partial charge on any atom is 0.417 e. The van der Waals surface area contributed by atoms with Crippen LogP contribution in [0, 0.1) is 12.3 Å². The standard InChI is InChI=1S/C23H23F3O4/c1-4-29-20(27)22(21(28)30-5-2)12-15-10-18(17-9-7-6-8-14(17)3)19(23(24,25)26)11-16(15)13-22/h6-11H,4-5,12-13H2,1-3H3. The molecule has 0 amide bonds. The Balaban J connectivity index is 2.17. The van der Waals surface area contributed by atoms with Crippen molar-refractivity contribution in [2.24, 2.45) is 5.41 Å². The Morgan fingerprint density at radius 3 is 1.97 bits per heavy atom. The fourth-order valence-corrected chi connectivity index (χ4v) is 3.97. The predicted molar refractivity (Wildman–Crippen MR) is 105 cm³/mol. The molecule has 0 heterocycles. The molecule has 160 valence electrons. The molecular formula is C23H23F3O4. The highest BCUT2D eigenvalue weighted by Gasteiger charge is 2.53. The van der Waals surface area contributed by atoms with Crippen LogP contribution < -0.4 is 0 Å². The number of hydrogen-bond acceptors (Lipinski definition) is 4. The summed E-state index contributed by atoms with van der Waals surface area (Å²) < 4.78 is 51.9. The lowest BCUT2D eigenvalue weighted by Gasteiger charge is -2.23. The summed E-state index contributed by atoms with van der Waals surface area (Å²) in [6.45, 7) is 5.06. The lowest BCUT2D eigenvalue weighted by molar-refractivity contribution is -0.171. The molecule has 1 aliphatic carbocycles. The molecular weight excluding hydrogens is 397 g/mol. The van der Waals surface area contributed by atoms with E-state index in [1.165, 1.54) is 6.07 Å². The molecule has 30 heavy (non-hydrogen) atoms. The highest BCUT2D eigenvalue weighted by molar-refractivity contribution is 6.01. The fourth-order valence-electron chi connectivity index (χ4n) is 3.97. The minimum Gasteiger partial charge on any atom is -0.465 e. The minimum atomic E-state index is -4.59. The van der Waals surface area contributed by atoms with Crippen LogP contribution in [0.1, 0.15) is 36.1 Å². The summed E-state index contributed by atoms with van der Waals surface area (Å²) in [5.74, 6) is -1.55. The van der Waals surface area contributed by atoms with E-state index in [4.69, 9.17) is 9.47 Å². The number of esters is 2. The third-order valence-corrected chi connectivity index (χ3v) is 5.40. The van der Waals surface area contributed by atoms with E-state index in [0.29, 0.717) is 22.3 Å². The number of hydrogen-bond donors (Lipinski definition) is 0. The van der Waals surface area contributed by atoms with Gasteiger partial charge in [0.1, 0.15) is 0 Å². The predicted octanol–water partition coefficient (Wildman–Crippen LogP) is 4.89. The highest BCUT2D eigenvalue weighted by Crippen LogP contribution is 2.46. The second-order valence-electron chi connectivity index (χ2n) is 7.36. The van der Waals surface area contributed by atoms with Gasteiger partial charge in [0.15, 0.2) is 5.41 Å². The second kappa shape index (κ2) is 8.13. The number of carbonyl (C=O) groups excluding carboxylic acids is 2. The van der Waals surface area contributed by atoms with Crippen LogP contribution in [0.25, 0.3) is 11.1 Å². The maximum atomic E-state index is 13.9. The van der Waals surface area contributed by atoms with E-state index in [1.54, 1.807) is 45.0 Å². The van der Waals surface area contributed by atoms with E-state index in [0.717, 1.165) is 6.07 Å². The molecule has 0 bridgehead atoms. The van der Waals surface area contributed by atoms with Gasteiger partial charge in [0.2, 0.25) is 0 Å². The number of carbonyl (C=O) groups is 2. The summed E-state index contributed by atoms with van der Waals surface area (Å²) in [5, 5.41) is 0. The molecule has 4 nitrogen and oxygen atoms in total. The number of benzene rings is 2. The number of aryl methyl sites for hydroxylation is 1. The summed E-state index contributed by atoms with van der Waals surface area (Å²) in [4.78, 5) is 25.4. The molecule has 0 saturated carbocycles. The van der Waals surface area contributed by atoms with Crippen molar-refractivity contribution < 1.29 is 32.2 Å². The van der Waals surface area contributed by atoms with Crippen molar-refractivity contribution in [2.45, 2.75) is 39.8 Å². The molecule has 2 aromatic rings. The van der Waals surface area contributed by atoms with Crippen molar-refractivity contribution in [3.8, 4) is 11.1 Å². The van der Waals surface area contributed by atoms with E-state index in [9.17, 15) is 22.8 Å². The summed E-state index contributed by atoms with van der Waals surface area (Å²) >= 11 is 0. The monoisotopic (exact) mass is 420 g/mol. The molecule has 1 aliphatic rings. The topological polar surface area (TPSA) is 52.6 Å². The largest absolute Gasteiger partial charge is 0.465 e. The van der Waals surface area contributed by atoms with Crippen LogP contribution in [0.5, 0.6) is 0 Å². The fraction of sp³-hybridized carbons (Fsp3) is 0.391. The molecule has 0 fully saturated rings. The smallest absolute Gasteiger partial charge is 0.417 e. The molecule has 0 aromatic heterocycles. The Kier molecular flexibility index (Phi) is 5.92. The van der Waals surface area contributed by atoms with Crippen LogP contribution in [-0.4, -0.2) is 25.2 Å². The van der Waals surface area contributed by atoms with E-state index < -0.39 is 29.1 Å². The van der Waals surface area contributed by atoms with Crippen LogP contribution >= 0.6 is 0 Å². The average molecular weight is 420 g/mol. The van der Waals surface area contributed by atoms with E-state index >= 15 is 0 Å². The van der Waals surface area contributed by atoms with Crippen LogP contribution in [0.4, 0.5) is 13.2 Å². The van der Waals surface area contributed by atoms with E-state index in [1.807, 2.05) is 0 Å². The van der Waals surface area contributed by atoms with Crippen molar-refractivity contribution in [1.82, 2.24) is 0 Å². The molecule has 2 aromatic carbocycles. The Morgan fingerprint density at radius 2 is 1.47 bits per heavy atom. The van der Waals surface area contributed by atoms with Crippen molar-refractivity contribution in [2.75, 3.05) is 13.2 Å². The second-order valence-corrected chi connectivity index (χ2v) is 7.36. The van der Waals surface area contributed by atoms with Crippen molar-refractivity contribution >= 4 is 11.9 Å². The first-order valence-electron chi connectivity index (χ1n) is 9.77. The summed E-state index contributed by atoms with van der Waals surface area (Å²) in [7, 11) is 0.